The average molecular weight is 573 g/mol. The quantitative estimate of drug-likeness (QED) is 0.0815. The standard InChI is InChI=1S/C15H23O5.3C4H9.Sn/c1-5-19-12(17)15(13(18)20-6-2)9-11(3)14(4,10-15)7-8-16;3*1-3-4-2;/h8,11H,3,5-7,9-10H2,1-2,4H3;3*1,3-4H2,2H3;. The summed E-state index contributed by atoms with van der Waals surface area (Å²) in [6.45, 7) is 13.0. The zero-order valence-electron chi connectivity index (χ0n) is 22.3. The van der Waals surface area contributed by atoms with Crippen LogP contribution < -0.4 is 0 Å². The van der Waals surface area contributed by atoms with Gasteiger partial charge in [0.25, 0.3) is 0 Å². The Labute approximate surface area is 207 Å². The Morgan fingerprint density at radius 3 is 1.70 bits per heavy atom. The van der Waals surface area contributed by atoms with Gasteiger partial charge in [0.2, 0.25) is 0 Å². The van der Waals surface area contributed by atoms with E-state index in [1.807, 2.05) is 0 Å². The molecule has 6 heteroatoms. The molecule has 0 saturated heterocycles. The van der Waals surface area contributed by atoms with Crippen molar-refractivity contribution in [3.05, 3.63) is 0 Å². The molecule has 1 fully saturated rings. The first-order valence-corrected chi connectivity index (χ1v) is 21.6. The zero-order chi connectivity index (χ0) is 25.0. The Morgan fingerprint density at radius 1 is 0.879 bits per heavy atom. The molecule has 0 bridgehead atoms. The fraction of sp³-hybridized carbons (Fsp3) is 0.889. The molecule has 1 aliphatic rings. The average Bonchev–Trinajstić information content (AvgIpc) is 3.08. The van der Waals surface area contributed by atoms with Gasteiger partial charge in [-0.25, -0.2) is 0 Å². The van der Waals surface area contributed by atoms with Crippen molar-refractivity contribution in [3.8, 4) is 0 Å². The third-order valence-electron chi connectivity index (χ3n) is 8.03. The Balaban J connectivity index is 3.44. The van der Waals surface area contributed by atoms with Crippen LogP contribution in [0.1, 0.15) is 99.3 Å². The molecule has 0 aromatic rings. The third-order valence-corrected chi connectivity index (χ3v) is 24.0. The molecular weight excluding hydrogens is 523 g/mol. The maximum absolute atomic E-state index is 13.2. The molecule has 0 aromatic carbocycles. The van der Waals surface area contributed by atoms with Gasteiger partial charge in [-0.3, -0.25) is 0 Å². The molecule has 5 nitrogen and oxygen atoms in total. The summed E-state index contributed by atoms with van der Waals surface area (Å²) in [5.74, 6) is -0.725. The number of aldehydes is 1. The molecule has 0 N–H and O–H groups in total. The van der Waals surface area contributed by atoms with Crippen molar-refractivity contribution in [2.45, 2.75) is 117 Å². The van der Waals surface area contributed by atoms with Crippen LogP contribution in [0.3, 0.4) is 0 Å². The van der Waals surface area contributed by atoms with Crippen molar-refractivity contribution < 1.29 is 23.9 Å². The van der Waals surface area contributed by atoms with Crippen LogP contribution in [0.4, 0.5) is 0 Å². The molecule has 0 aliphatic heterocycles. The van der Waals surface area contributed by atoms with Crippen molar-refractivity contribution >= 4 is 36.6 Å². The molecule has 0 heterocycles. The van der Waals surface area contributed by atoms with E-state index in [4.69, 9.17) is 9.47 Å². The van der Waals surface area contributed by atoms with Crippen LogP contribution in [0.25, 0.3) is 0 Å². The molecule has 0 aromatic heterocycles. The van der Waals surface area contributed by atoms with Crippen LogP contribution in [0, 0.1) is 16.7 Å². The van der Waals surface area contributed by atoms with Gasteiger partial charge in [-0.15, -0.1) is 0 Å². The monoisotopic (exact) mass is 574 g/mol. The number of hydrogen-bond donors (Lipinski definition) is 0. The number of esters is 2. The van der Waals surface area contributed by atoms with Gasteiger partial charge >= 0.3 is 207 Å². The second-order valence-corrected chi connectivity index (χ2v) is 24.6. The predicted molar refractivity (Wildman–Crippen MR) is 137 cm³/mol. The number of carbonyl (C=O) groups is 3. The van der Waals surface area contributed by atoms with Gasteiger partial charge in [0.05, 0.1) is 0 Å². The molecule has 0 amide bonds. The van der Waals surface area contributed by atoms with Crippen LogP contribution in [0.2, 0.25) is 17.7 Å². The van der Waals surface area contributed by atoms with E-state index in [1.165, 1.54) is 56.3 Å². The first kappa shape index (κ1) is 30.4. The van der Waals surface area contributed by atoms with E-state index in [2.05, 4.69) is 27.7 Å². The van der Waals surface area contributed by atoms with Crippen LogP contribution in [-0.2, 0) is 23.9 Å². The van der Waals surface area contributed by atoms with E-state index in [0.717, 1.165) is 6.29 Å². The van der Waals surface area contributed by atoms with Gasteiger partial charge in [0.15, 0.2) is 0 Å². The topological polar surface area (TPSA) is 69.7 Å². The number of carbonyl (C=O) groups excluding carboxylic acids is 3. The predicted octanol–water partition coefficient (Wildman–Crippen LogP) is 6.95. The molecule has 192 valence electrons. The summed E-state index contributed by atoms with van der Waals surface area (Å²) < 4.78 is 16.2. The van der Waals surface area contributed by atoms with Crippen molar-refractivity contribution in [2.75, 3.05) is 13.2 Å². The van der Waals surface area contributed by atoms with E-state index in [-0.39, 0.29) is 24.5 Å². The summed E-state index contributed by atoms with van der Waals surface area (Å²) in [5, 5.41) is 0. The fourth-order valence-corrected chi connectivity index (χ4v) is 24.3. The third kappa shape index (κ3) is 7.96. The minimum atomic E-state index is -2.56. The van der Waals surface area contributed by atoms with Crippen molar-refractivity contribution in [1.29, 1.82) is 0 Å². The van der Waals surface area contributed by atoms with Crippen molar-refractivity contribution in [2.24, 2.45) is 16.7 Å². The van der Waals surface area contributed by atoms with Gasteiger partial charge in [-0.2, -0.15) is 0 Å². The van der Waals surface area contributed by atoms with E-state index in [9.17, 15) is 14.4 Å². The molecule has 0 spiro atoms. The summed E-state index contributed by atoms with van der Waals surface area (Å²) in [5.41, 5.74) is -1.64. The first-order valence-electron chi connectivity index (χ1n) is 13.5. The number of ether oxygens (including phenoxy) is 2. The van der Waals surface area contributed by atoms with Crippen molar-refractivity contribution in [1.82, 2.24) is 0 Å². The SMILES string of the molecule is CCC[CH2][Sn]([CH2]CCC)([CH2]CCC)[CH2]C1CC(C(=O)OCC)(C(=O)OCC)CC1(C)CC=O. The number of hydrogen-bond acceptors (Lipinski definition) is 5. The second kappa shape index (κ2) is 14.7. The van der Waals surface area contributed by atoms with Crippen molar-refractivity contribution in [3.63, 3.8) is 0 Å². The van der Waals surface area contributed by atoms with Gasteiger partial charge < -0.3 is 0 Å². The van der Waals surface area contributed by atoms with E-state index >= 15 is 0 Å². The Hall–Kier alpha value is -0.591. The molecule has 2 atom stereocenters. The molecule has 33 heavy (non-hydrogen) atoms. The molecule has 2 unspecified atom stereocenters. The summed E-state index contributed by atoms with van der Waals surface area (Å²) in [6.07, 6.45) is 9.67. The molecule has 1 saturated carbocycles. The summed E-state index contributed by atoms with van der Waals surface area (Å²) >= 11 is -2.56. The van der Waals surface area contributed by atoms with Crippen LogP contribution in [0.15, 0.2) is 0 Å². The molecular formula is C27H50O5Sn. The first-order chi connectivity index (χ1) is 15.7. The van der Waals surface area contributed by atoms with Gasteiger partial charge in [0, 0.05) is 0 Å². The van der Waals surface area contributed by atoms with E-state index in [1.54, 1.807) is 13.8 Å². The Morgan fingerprint density at radius 2 is 1.33 bits per heavy atom. The van der Waals surface area contributed by atoms with E-state index in [0.29, 0.717) is 19.3 Å². The molecule has 1 rings (SSSR count). The summed E-state index contributed by atoms with van der Waals surface area (Å²) in [7, 11) is 0. The summed E-state index contributed by atoms with van der Waals surface area (Å²) in [4.78, 5) is 38.2. The number of rotatable bonds is 17. The van der Waals surface area contributed by atoms with Gasteiger partial charge in [-0.1, -0.05) is 0 Å². The zero-order valence-corrected chi connectivity index (χ0v) is 25.2. The van der Waals surface area contributed by atoms with Crippen LogP contribution >= 0.6 is 0 Å². The van der Waals surface area contributed by atoms with Crippen LogP contribution in [-0.4, -0.2) is 49.8 Å². The molecule has 1 aliphatic carbocycles. The maximum atomic E-state index is 13.2. The van der Waals surface area contributed by atoms with Gasteiger partial charge in [0.1, 0.15) is 0 Å². The van der Waals surface area contributed by atoms with E-state index < -0.39 is 35.7 Å². The van der Waals surface area contributed by atoms with Crippen LogP contribution in [0.5, 0.6) is 0 Å². The second-order valence-electron chi connectivity index (χ2n) is 10.6. The van der Waals surface area contributed by atoms with Gasteiger partial charge in [-0.05, 0) is 0 Å². The Bertz CT molecular complexity index is 580. The normalized spacial score (nSPS) is 22.2. The minimum absolute atomic E-state index is 0.192. The fourth-order valence-electron chi connectivity index (χ4n) is 6.11. The Kier molecular flexibility index (Phi) is 13.6. The molecule has 0 radical (unpaired) electrons. The number of unbranched alkanes of at least 4 members (excludes halogenated alkanes) is 3. The summed E-state index contributed by atoms with van der Waals surface area (Å²) in [6, 6.07) is 0.